The molecular weight excluding hydrogens is 406 g/mol. The van der Waals surface area contributed by atoms with E-state index >= 15 is 0 Å². The van der Waals surface area contributed by atoms with Crippen LogP contribution in [-0.2, 0) is 11.3 Å². The molecule has 2 aromatic rings. The summed E-state index contributed by atoms with van der Waals surface area (Å²) in [4.78, 5) is 21.1. The van der Waals surface area contributed by atoms with Gasteiger partial charge < -0.3 is 25.4 Å². The Morgan fingerprint density at radius 2 is 1.81 bits per heavy atom. The molecule has 1 aromatic carbocycles. The molecule has 8 heteroatoms. The van der Waals surface area contributed by atoms with Crippen molar-refractivity contribution in [1.82, 2.24) is 20.9 Å². The number of pyridine rings is 1. The second kappa shape index (κ2) is 12.5. The molecule has 1 aromatic heterocycles. The van der Waals surface area contributed by atoms with Crippen LogP contribution in [0.3, 0.4) is 0 Å². The van der Waals surface area contributed by atoms with Crippen molar-refractivity contribution in [1.29, 1.82) is 0 Å². The van der Waals surface area contributed by atoms with Crippen molar-refractivity contribution in [2.45, 2.75) is 53.1 Å². The molecule has 0 fully saturated rings. The summed E-state index contributed by atoms with van der Waals surface area (Å²) in [6, 6.07) is 11.3. The minimum absolute atomic E-state index is 0.0998. The number of aromatic nitrogens is 1. The number of benzene rings is 1. The Morgan fingerprint density at radius 3 is 2.50 bits per heavy atom. The van der Waals surface area contributed by atoms with Gasteiger partial charge in [-0.2, -0.15) is 0 Å². The Labute approximate surface area is 190 Å². The summed E-state index contributed by atoms with van der Waals surface area (Å²) in [5, 5.41) is 9.13. The van der Waals surface area contributed by atoms with Crippen LogP contribution in [0, 0.1) is 0 Å². The highest BCUT2D eigenvalue weighted by Gasteiger charge is 2.14. The average molecular weight is 442 g/mol. The van der Waals surface area contributed by atoms with Gasteiger partial charge in [-0.15, -0.1) is 0 Å². The second-order valence-electron chi connectivity index (χ2n) is 8.21. The number of rotatable bonds is 10. The summed E-state index contributed by atoms with van der Waals surface area (Å²) in [7, 11) is 0. The zero-order valence-electron chi connectivity index (χ0n) is 19.7. The highest BCUT2D eigenvalue weighted by atomic mass is 16.5. The van der Waals surface area contributed by atoms with Gasteiger partial charge in [-0.1, -0.05) is 25.1 Å². The highest BCUT2D eigenvalue weighted by Crippen LogP contribution is 2.32. The number of guanidine groups is 1. The predicted molar refractivity (Wildman–Crippen MR) is 127 cm³/mol. The molecule has 0 aliphatic rings. The quantitative estimate of drug-likeness (QED) is 0.385. The molecule has 0 saturated heterocycles. The molecule has 0 bridgehead atoms. The third kappa shape index (κ3) is 8.83. The summed E-state index contributed by atoms with van der Waals surface area (Å²) in [6.45, 7) is 11.6. The third-order valence-electron chi connectivity index (χ3n) is 4.05. The van der Waals surface area contributed by atoms with E-state index in [2.05, 4.69) is 32.9 Å². The molecule has 0 unspecified atom stereocenters. The SMILES string of the molecule is CCCOc1ccccc1Oc1ncccc1CN=C(NCC)NCC(=O)NC(C)(C)C. The lowest BCUT2D eigenvalue weighted by Crippen LogP contribution is -2.48. The zero-order valence-corrected chi connectivity index (χ0v) is 19.7. The van der Waals surface area contributed by atoms with E-state index in [1.54, 1.807) is 6.20 Å². The molecule has 174 valence electrons. The van der Waals surface area contributed by atoms with Crippen molar-refractivity contribution in [2.24, 2.45) is 4.99 Å². The van der Waals surface area contributed by atoms with Crippen LogP contribution in [0.25, 0.3) is 0 Å². The zero-order chi connectivity index (χ0) is 23.4. The number of carbonyl (C=O) groups is 1. The fraction of sp³-hybridized carbons (Fsp3) is 0.458. The molecule has 0 spiro atoms. The number of amides is 1. The monoisotopic (exact) mass is 441 g/mol. The van der Waals surface area contributed by atoms with Gasteiger partial charge >= 0.3 is 0 Å². The van der Waals surface area contributed by atoms with Crippen LogP contribution in [0.4, 0.5) is 0 Å². The Bertz CT molecular complexity index is 893. The fourth-order valence-electron chi connectivity index (χ4n) is 2.74. The number of hydrogen-bond donors (Lipinski definition) is 3. The van der Waals surface area contributed by atoms with E-state index in [-0.39, 0.29) is 18.0 Å². The standard InChI is InChI=1S/C24H35N5O3/c1-6-15-31-19-12-8-9-13-20(19)32-22-18(11-10-14-26-22)16-27-23(25-7-2)28-17-21(30)29-24(3,4)5/h8-14H,6-7,15-17H2,1-5H3,(H,29,30)(H2,25,27,28). The van der Waals surface area contributed by atoms with Crippen molar-refractivity contribution >= 4 is 11.9 Å². The molecule has 3 N–H and O–H groups in total. The van der Waals surface area contributed by atoms with E-state index in [0.29, 0.717) is 43.0 Å². The van der Waals surface area contributed by atoms with Crippen LogP contribution >= 0.6 is 0 Å². The molecule has 32 heavy (non-hydrogen) atoms. The van der Waals surface area contributed by atoms with Crippen LogP contribution in [0.1, 0.15) is 46.6 Å². The lowest BCUT2D eigenvalue weighted by molar-refractivity contribution is -0.121. The minimum atomic E-state index is -0.284. The Hall–Kier alpha value is -3.29. The molecular formula is C24H35N5O3. The summed E-state index contributed by atoms with van der Waals surface area (Å²) >= 11 is 0. The first kappa shape index (κ1) is 25.0. The molecule has 0 atom stereocenters. The first-order chi connectivity index (χ1) is 15.3. The van der Waals surface area contributed by atoms with Crippen molar-refractivity contribution in [3.8, 4) is 17.4 Å². The Balaban J connectivity index is 2.10. The van der Waals surface area contributed by atoms with Crippen molar-refractivity contribution in [3.63, 3.8) is 0 Å². The first-order valence-corrected chi connectivity index (χ1v) is 11.0. The van der Waals surface area contributed by atoms with E-state index in [4.69, 9.17) is 9.47 Å². The number of nitrogens with one attached hydrogen (secondary N) is 3. The van der Waals surface area contributed by atoms with Gasteiger partial charge in [0, 0.05) is 23.8 Å². The molecule has 2 rings (SSSR count). The van der Waals surface area contributed by atoms with Crippen LogP contribution in [0.15, 0.2) is 47.6 Å². The van der Waals surface area contributed by atoms with E-state index in [9.17, 15) is 4.79 Å². The van der Waals surface area contributed by atoms with Crippen molar-refractivity contribution in [3.05, 3.63) is 48.2 Å². The Kier molecular flexibility index (Phi) is 9.78. The molecule has 0 aliphatic carbocycles. The highest BCUT2D eigenvalue weighted by molar-refractivity contribution is 5.86. The third-order valence-corrected chi connectivity index (χ3v) is 4.05. The van der Waals surface area contributed by atoms with E-state index in [1.807, 2.05) is 64.1 Å². The topological polar surface area (TPSA) is 96.9 Å². The number of carbonyl (C=O) groups excluding carboxylic acids is 1. The maximum atomic E-state index is 12.1. The largest absolute Gasteiger partial charge is 0.490 e. The molecule has 1 heterocycles. The van der Waals surface area contributed by atoms with Gasteiger partial charge in [0.2, 0.25) is 11.8 Å². The lowest BCUT2D eigenvalue weighted by Gasteiger charge is -2.21. The summed E-state index contributed by atoms with van der Waals surface area (Å²) in [5.41, 5.74) is 0.530. The summed E-state index contributed by atoms with van der Waals surface area (Å²) in [6.07, 6.45) is 2.59. The molecule has 0 saturated carbocycles. The predicted octanol–water partition coefficient (Wildman–Crippen LogP) is 3.63. The van der Waals surface area contributed by atoms with Gasteiger partial charge in [-0.3, -0.25) is 4.79 Å². The van der Waals surface area contributed by atoms with Gasteiger partial charge in [0.05, 0.1) is 19.7 Å². The molecule has 1 amide bonds. The maximum Gasteiger partial charge on any atom is 0.239 e. The average Bonchev–Trinajstić information content (AvgIpc) is 2.75. The molecule has 8 nitrogen and oxygen atoms in total. The molecule has 0 radical (unpaired) electrons. The van der Waals surface area contributed by atoms with Crippen molar-refractivity contribution < 1.29 is 14.3 Å². The number of nitrogens with zero attached hydrogens (tertiary/aromatic N) is 2. The van der Waals surface area contributed by atoms with Crippen molar-refractivity contribution in [2.75, 3.05) is 19.7 Å². The van der Waals surface area contributed by atoms with E-state index < -0.39 is 0 Å². The van der Waals surface area contributed by atoms with Gasteiger partial charge in [0.25, 0.3) is 0 Å². The van der Waals surface area contributed by atoms with Gasteiger partial charge in [-0.25, -0.2) is 9.98 Å². The van der Waals surface area contributed by atoms with Crippen LogP contribution in [-0.4, -0.2) is 42.1 Å². The smallest absolute Gasteiger partial charge is 0.239 e. The molecule has 0 aliphatic heterocycles. The van der Waals surface area contributed by atoms with E-state index in [0.717, 1.165) is 12.0 Å². The lowest BCUT2D eigenvalue weighted by atomic mass is 10.1. The van der Waals surface area contributed by atoms with Gasteiger partial charge in [-0.05, 0) is 52.3 Å². The normalized spacial score (nSPS) is 11.6. The van der Waals surface area contributed by atoms with Crippen LogP contribution < -0.4 is 25.4 Å². The Morgan fingerprint density at radius 1 is 1.06 bits per heavy atom. The number of ether oxygens (including phenoxy) is 2. The van der Waals surface area contributed by atoms with Crippen LogP contribution in [0.5, 0.6) is 17.4 Å². The number of hydrogen-bond acceptors (Lipinski definition) is 5. The maximum absolute atomic E-state index is 12.1. The minimum Gasteiger partial charge on any atom is -0.490 e. The first-order valence-electron chi connectivity index (χ1n) is 11.0. The van der Waals surface area contributed by atoms with Crippen LogP contribution in [0.2, 0.25) is 0 Å². The fourth-order valence-corrected chi connectivity index (χ4v) is 2.74. The second-order valence-corrected chi connectivity index (χ2v) is 8.21. The number of aliphatic imine (C=N–C) groups is 1. The van der Waals surface area contributed by atoms with Gasteiger partial charge in [0.15, 0.2) is 17.5 Å². The summed E-state index contributed by atoms with van der Waals surface area (Å²) in [5.74, 6) is 2.18. The van der Waals surface area contributed by atoms with E-state index in [1.165, 1.54) is 0 Å². The number of para-hydroxylation sites is 2. The summed E-state index contributed by atoms with van der Waals surface area (Å²) < 4.78 is 11.9. The van der Waals surface area contributed by atoms with Gasteiger partial charge in [0.1, 0.15) is 0 Å².